The quantitative estimate of drug-likeness (QED) is 0.713. The highest BCUT2D eigenvalue weighted by Gasteiger charge is 2.06. The van der Waals surface area contributed by atoms with Gasteiger partial charge in [-0.1, -0.05) is 36.4 Å². The maximum absolute atomic E-state index is 12.0. The van der Waals surface area contributed by atoms with E-state index in [4.69, 9.17) is 0 Å². The third-order valence-corrected chi connectivity index (χ3v) is 3.48. The number of aromatic nitrogens is 1. The molecule has 1 heterocycles. The van der Waals surface area contributed by atoms with Gasteiger partial charge in [0.25, 0.3) is 0 Å². The molecule has 0 saturated carbocycles. The van der Waals surface area contributed by atoms with Crippen molar-refractivity contribution >= 4 is 44.2 Å². The smallest absolute Gasteiger partial charge is 0.307 e. The van der Waals surface area contributed by atoms with Crippen molar-refractivity contribution in [2.45, 2.75) is 0 Å². The van der Waals surface area contributed by atoms with Crippen LogP contribution in [0.1, 0.15) is 0 Å². The van der Waals surface area contributed by atoms with E-state index >= 15 is 0 Å². The second kappa shape index (κ2) is 5.93. The first kappa shape index (κ1) is 13.6. The number of fused-ring (bicyclic) bond motifs is 1. The van der Waals surface area contributed by atoms with Crippen LogP contribution in [0.3, 0.4) is 0 Å². The van der Waals surface area contributed by atoms with Crippen molar-refractivity contribution in [1.29, 1.82) is 0 Å². The number of pyridine rings is 1. The van der Waals surface area contributed by atoms with E-state index in [1.165, 1.54) is 0 Å². The van der Waals surface area contributed by atoms with E-state index in [0.717, 1.165) is 20.9 Å². The molecule has 0 bridgehead atoms. The van der Waals surface area contributed by atoms with Gasteiger partial charge in [0.05, 0.1) is 5.69 Å². The van der Waals surface area contributed by atoms with E-state index in [2.05, 4.69) is 31.5 Å². The van der Waals surface area contributed by atoms with Crippen LogP contribution in [0.2, 0.25) is 0 Å². The molecule has 2 aromatic carbocycles. The zero-order chi connectivity index (χ0) is 14.7. The molecule has 0 aliphatic rings. The molecular weight excluding hydrogens is 330 g/mol. The fourth-order valence-corrected chi connectivity index (χ4v) is 2.29. The van der Waals surface area contributed by atoms with Crippen LogP contribution in [-0.2, 0) is 0 Å². The fraction of sp³-hybridized carbons (Fsp3) is 0. The maximum atomic E-state index is 12.0. The van der Waals surface area contributed by atoms with Gasteiger partial charge in [-0.05, 0) is 39.5 Å². The summed E-state index contributed by atoms with van der Waals surface area (Å²) in [6, 6.07) is 16.9. The van der Waals surface area contributed by atoms with Crippen molar-refractivity contribution in [2.24, 2.45) is 0 Å². The summed E-state index contributed by atoms with van der Waals surface area (Å²) in [5.41, 5.74) is 0.766. The second-order valence-corrected chi connectivity index (χ2v) is 5.38. The minimum Gasteiger partial charge on any atom is -0.307 e. The lowest BCUT2D eigenvalue weighted by Gasteiger charge is -2.09. The van der Waals surface area contributed by atoms with Gasteiger partial charge in [-0.25, -0.2) is 9.78 Å². The SMILES string of the molecule is O=C(Nc1ccc(Br)cn1)Nc1cccc2ccccc12. The number of hydrogen-bond acceptors (Lipinski definition) is 2. The van der Waals surface area contributed by atoms with Gasteiger partial charge in [0.1, 0.15) is 5.82 Å². The maximum Gasteiger partial charge on any atom is 0.324 e. The lowest BCUT2D eigenvalue weighted by molar-refractivity contribution is 0.262. The van der Waals surface area contributed by atoms with Crippen molar-refractivity contribution < 1.29 is 4.79 Å². The van der Waals surface area contributed by atoms with Gasteiger partial charge in [0.15, 0.2) is 0 Å². The van der Waals surface area contributed by atoms with Crippen LogP contribution in [0.5, 0.6) is 0 Å². The Bertz CT molecular complexity index is 782. The summed E-state index contributed by atoms with van der Waals surface area (Å²) in [4.78, 5) is 16.1. The highest BCUT2D eigenvalue weighted by Crippen LogP contribution is 2.23. The number of nitrogens with one attached hydrogen (secondary N) is 2. The van der Waals surface area contributed by atoms with E-state index in [0.29, 0.717) is 5.82 Å². The lowest BCUT2D eigenvalue weighted by atomic mass is 10.1. The van der Waals surface area contributed by atoms with Crippen LogP contribution in [0.4, 0.5) is 16.3 Å². The van der Waals surface area contributed by atoms with Crippen LogP contribution in [0.15, 0.2) is 65.3 Å². The molecule has 2 amide bonds. The third kappa shape index (κ3) is 3.20. The number of carbonyl (C=O) groups is 1. The van der Waals surface area contributed by atoms with Crippen LogP contribution >= 0.6 is 15.9 Å². The van der Waals surface area contributed by atoms with Crippen LogP contribution in [-0.4, -0.2) is 11.0 Å². The Hall–Kier alpha value is -2.40. The summed E-state index contributed by atoms with van der Waals surface area (Å²) < 4.78 is 0.863. The van der Waals surface area contributed by atoms with Crippen LogP contribution < -0.4 is 10.6 Å². The Morgan fingerprint density at radius 2 is 1.76 bits per heavy atom. The number of benzene rings is 2. The molecule has 3 rings (SSSR count). The van der Waals surface area contributed by atoms with Gasteiger partial charge >= 0.3 is 6.03 Å². The summed E-state index contributed by atoms with van der Waals surface area (Å²) in [5.74, 6) is 0.496. The number of carbonyl (C=O) groups excluding carboxylic acids is 1. The Balaban J connectivity index is 1.79. The number of urea groups is 1. The van der Waals surface area contributed by atoms with Gasteiger partial charge in [-0.3, -0.25) is 5.32 Å². The molecule has 104 valence electrons. The molecule has 0 atom stereocenters. The average Bonchev–Trinajstić information content (AvgIpc) is 2.50. The van der Waals surface area contributed by atoms with Gasteiger partial charge in [0.2, 0.25) is 0 Å². The first-order valence-electron chi connectivity index (χ1n) is 6.40. The largest absolute Gasteiger partial charge is 0.324 e. The molecule has 2 N–H and O–H groups in total. The number of nitrogens with zero attached hydrogens (tertiary/aromatic N) is 1. The van der Waals surface area contributed by atoms with Gasteiger partial charge in [0, 0.05) is 16.1 Å². The lowest BCUT2D eigenvalue weighted by Crippen LogP contribution is -2.20. The third-order valence-electron chi connectivity index (χ3n) is 3.01. The van der Waals surface area contributed by atoms with E-state index in [1.54, 1.807) is 12.3 Å². The zero-order valence-corrected chi connectivity index (χ0v) is 12.6. The minimum absolute atomic E-state index is 0.318. The molecular formula is C16H12BrN3O. The molecule has 1 aromatic heterocycles. The average molecular weight is 342 g/mol. The standard InChI is InChI=1S/C16H12BrN3O/c17-12-8-9-15(18-10-12)20-16(21)19-14-7-3-5-11-4-1-2-6-13(11)14/h1-10H,(H2,18,19,20,21). The molecule has 0 saturated heterocycles. The van der Waals surface area contributed by atoms with Crippen molar-refractivity contribution in [3.05, 3.63) is 65.3 Å². The number of amides is 2. The van der Waals surface area contributed by atoms with Gasteiger partial charge in [-0.2, -0.15) is 0 Å². The van der Waals surface area contributed by atoms with Crippen molar-refractivity contribution in [3.8, 4) is 0 Å². The number of hydrogen-bond donors (Lipinski definition) is 2. The number of halogens is 1. The summed E-state index contributed by atoms with van der Waals surface area (Å²) in [7, 11) is 0. The molecule has 0 unspecified atom stereocenters. The molecule has 0 aliphatic carbocycles. The number of rotatable bonds is 2. The summed E-state index contributed by atoms with van der Waals surface area (Å²) in [6.07, 6.45) is 1.63. The molecule has 5 heteroatoms. The Morgan fingerprint density at radius 1 is 0.952 bits per heavy atom. The first-order chi connectivity index (χ1) is 10.2. The first-order valence-corrected chi connectivity index (χ1v) is 7.19. The second-order valence-electron chi connectivity index (χ2n) is 4.47. The summed E-state index contributed by atoms with van der Waals surface area (Å²) >= 11 is 3.30. The minimum atomic E-state index is -0.318. The fourth-order valence-electron chi connectivity index (χ4n) is 2.05. The van der Waals surface area contributed by atoms with Gasteiger partial charge < -0.3 is 5.32 Å². The predicted octanol–water partition coefficient (Wildman–Crippen LogP) is 4.64. The topological polar surface area (TPSA) is 54.0 Å². The summed E-state index contributed by atoms with van der Waals surface area (Å²) in [5, 5.41) is 7.63. The molecule has 0 spiro atoms. The van der Waals surface area contributed by atoms with E-state index in [1.807, 2.05) is 48.5 Å². The van der Waals surface area contributed by atoms with Gasteiger partial charge in [-0.15, -0.1) is 0 Å². The van der Waals surface area contributed by atoms with Crippen molar-refractivity contribution in [3.63, 3.8) is 0 Å². The van der Waals surface area contributed by atoms with Crippen LogP contribution in [0, 0.1) is 0 Å². The summed E-state index contributed by atoms with van der Waals surface area (Å²) in [6.45, 7) is 0. The molecule has 4 nitrogen and oxygen atoms in total. The molecule has 0 aliphatic heterocycles. The van der Waals surface area contributed by atoms with Crippen LogP contribution in [0.25, 0.3) is 10.8 Å². The predicted molar refractivity (Wildman–Crippen MR) is 88.5 cm³/mol. The van der Waals surface area contributed by atoms with E-state index < -0.39 is 0 Å². The molecule has 0 radical (unpaired) electrons. The zero-order valence-electron chi connectivity index (χ0n) is 11.0. The van der Waals surface area contributed by atoms with Crippen molar-refractivity contribution in [2.75, 3.05) is 10.6 Å². The highest BCUT2D eigenvalue weighted by molar-refractivity contribution is 9.10. The number of anilines is 2. The Kier molecular flexibility index (Phi) is 3.83. The van der Waals surface area contributed by atoms with E-state index in [9.17, 15) is 4.79 Å². The van der Waals surface area contributed by atoms with E-state index in [-0.39, 0.29) is 6.03 Å². The monoisotopic (exact) mass is 341 g/mol. The normalized spacial score (nSPS) is 10.3. The Labute approximate surface area is 130 Å². The molecule has 3 aromatic rings. The highest BCUT2D eigenvalue weighted by atomic mass is 79.9. The Morgan fingerprint density at radius 3 is 2.57 bits per heavy atom. The van der Waals surface area contributed by atoms with Crippen molar-refractivity contribution in [1.82, 2.24) is 4.98 Å². The molecule has 21 heavy (non-hydrogen) atoms. The molecule has 0 fully saturated rings.